The van der Waals surface area contributed by atoms with Gasteiger partial charge in [-0.3, -0.25) is 15.0 Å². The molecule has 2 aromatic carbocycles. The number of carbonyl (C=O) groups is 3. The molecular formula is C20H20ClN3O3. The van der Waals surface area contributed by atoms with Crippen molar-refractivity contribution < 1.29 is 14.4 Å². The second-order valence-corrected chi connectivity index (χ2v) is 7.10. The molecule has 0 saturated carbocycles. The molecule has 1 aliphatic rings. The molecule has 1 saturated heterocycles. The van der Waals surface area contributed by atoms with Gasteiger partial charge >= 0.3 is 6.03 Å². The topological polar surface area (TPSA) is 78.5 Å². The molecule has 0 radical (unpaired) electrons. The molecular weight excluding hydrogens is 366 g/mol. The minimum atomic E-state index is -1.06. The standard InChI is InChI=1S/C20H20ClN3O3/c1-20(12-11-14-7-3-2-4-8-14)18(26)24(19(27)22-20)23-17(25)13-15-9-5-6-10-16(15)21/h2-10H,11-13H2,1H3,(H,22,27)(H,23,25). The van der Waals surface area contributed by atoms with Crippen LogP contribution in [0.3, 0.4) is 0 Å². The molecule has 27 heavy (non-hydrogen) atoms. The highest BCUT2D eigenvalue weighted by atomic mass is 35.5. The Morgan fingerprint density at radius 1 is 1.11 bits per heavy atom. The van der Waals surface area contributed by atoms with Crippen molar-refractivity contribution in [2.24, 2.45) is 0 Å². The maximum atomic E-state index is 12.7. The van der Waals surface area contributed by atoms with E-state index in [9.17, 15) is 14.4 Å². The lowest BCUT2D eigenvalue weighted by Gasteiger charge is -2.21. The zero-order chi connectivity index (χ0) is 19.4. The first-order chi connectivity index (χ1) is 12.9. The van der Waals surface area contributed by atoms with Crippen molar-refractivity contribution in [1.82, 2.24) is 15.8 Å². The van der Waals surface area contributed by atoms with Crippen molar-refractivity contribution in [2.45, 2.75) is 31.7 Å². The summed E-state index contributed by atoms with van der Waals surface area (Å²) in [5.74, 6) is -0.963. The normalized spacial score (nSPS) is 19.1. The summed E-state index contributed by atoms with van der Waals surface area (Å²) < 4.78 is 0. The Balaban J connectivity index is 1.63. The molecule has 2 aromatic rings. The Kier molecular flexibility index (Phi) is 5.46. The van der Waals surface area contributed by atoms with Crippen LogP contribution in [-0.4, -0.2) is 28.4 Å². The van der Waals surface area contributed by atoms with E-state index in [4.69, 9.17) is 11.6 Å². The fourth-order valence-corrected chi connectivity index (χ4v) is 3.18. The molecule has 2 N–H and O–H groups in total. The Morgan fingerprint density at radius 3 is 2.48 bits per heavy atom. The van der Waals surface area contributed by atoms with Gasteiger partial charge in [-0.15, -0.1) is 0 Å². The van der Waals surface area contributed by atoms with Crippen molar-refractivity contribution in [3.63, 3.8) is 0 Å². The number of imide groups is 1. The van der Waals surface area contributed by atoms with Crippen LogP contribution in [0.2, 0.25) is 5.02 Å². The summed E-state index contributed by atoms with van der Waals surface area (Å²) in [5, 5.41) is 3.89. The maximum Gasteiger partial charge on any atom is 0.344 e. The Morgan fingerprint density at radius 2 is 1.78 bits per heavy atom. The summed E-state index contributed by atoms with van der Waals surface area (Å²) >= 11 is 6.05. The number of carbonyl (C=O) groups excluding carboxylic acids is 3. The van der Waals surface area contributed by atoms with E-state index in [1.54, 1.807) is 31.2 Å². The minimum Gasteiger partial charge on any atom is -0.322 e. The van der Waals surface area contributed by atoms with Crippen molar-refractivity contribution in [3.05, 3.63) is 70.7 Å². The molecule has 1 atom stereocenters. The second-order valence-electron chi connectivity index (χ2n) is 6.69. The number of urea groups is 1. The first kappa shape index (κ1) is 18.9. The predicted molar refractivity (Wildman–Crippen MR) is 102 cm³/mol. The predicted octanol–water partition coefficient (Wildman–Crippen LogP) is 2.86. The zero-order valence-electron chi connectivity index (χ0n) is 14.9. The number of aryl methyl sites for hydroxylation is 1. The number of rotatable bonds is 6. The van der Waals surface area contributed by atoms with E-state index in [0.717, 1.165) is 10.6 Å². The SMILES string of the molecule is CC1(CCc2ccccc2)NC(=O)N(NC(=O)Cc2ccccc2Cl)C1=O. The molecule has 1 unspecified atom stereocenters. The number of halogens is 1. The highest BCUT2D eigenvalue weighted by Gasteiger charge is 2.48. The van der Waals surface area contributed by atoms with E-state index in [-0.39, 0.29) is 6.42 Å². The number of hydrogen-bond donors (Lipinski definition) is 2. The van der Waals surface area contributed by atoms with Gasteiger partial charge in [-0.25, -0.2) is 4.79 Å². The molecule has 4 amide bonds. The number of amides is 4. The smallest absolute Gasteiger partial charge is 0.322 e. The lowest BCUT2D eigenvalue weighted by molar-refractivity contribution is -0.138. The van der Waals surface area contributed by atoms with Gasteiger partial charge in [0.2, 0.25) is 5.91 Å². The van der Waals surface area contributed by atoms with Gasteiger partial charge < -0.3 is 5.32 Å². The van der Waals surface area contributed by atoms with Crippen molar-refractivity contribution in [3.8, 4) is 0 Å². The lowest BCUT2D eigenvalue weighted by atomic mass is 9.93. The molecule has 0 spiro atoms. The number of hydrazine groups is 1. The van der Waals surface area contributed by atoms with E-state index >= 15 is 0 Å². The van der Waals surface area contributed by atoms with Gasteiger partial charge in [-0.1, -0.05) is 60.1 Å². The van der Waals surface area contributed by atoms with Gasteiger partial charge in [-0.05, 0) is 37.0 Å². The fraction of sp³-hybridized carbons (Fsp3) is 0.250. The van der Waals surface area contributed by atoms with E-state index in [2.05, 4.69) is 10.7 Å². The van der Waals surface area contributed by atoms with Crippen LogP contribution in [0, 0.1) is 0 Å². The van der Waals surface area contributed by atoms with Crippen LogP contribution in [0.25, 0.3) is 0 Å². The average Bonchev–Trinajstić information content (AvgIpc) is 2.86. The molecule has 3 rings (SSSR count). The first-order valence-corrected chi connectivity index (χ1v) is 9.00. The Bertz CT molecular complexity index is 872. The van der Waals surface area contributed by atoms with Gasteiger partial charge in [0.1, 0.15) is 5.54 Å². The number of benzene rings is 2. The maximum absolute atomic E-state index is 12.7. The summed E-state index contributed by atoms with van der Waals surface area (Å²) in [6, 6.07) is 16.0. The highest BCUT2D eigenvalue weighted by Crippen LogP contribution is 2.22. The molecule has 1 heterocycles. The minimum absolute atomic E-state index is 0.0303. The van der Waals surface area contributed by atoms with E-state index in [0.29, 0.717) is 23.4 Å². The molecule has 7 heteroatoms. The molecule has 0 aliphatic carbocycles. The van der Waals surface area contributed by atoms with E-state index in [1.807, 2.05) is 30.3 Å². The second kappa shape index (κ2) is 7.80. The Labute approximate surface area is 162 Å². The van der Waals surface area contributed by atoms with Gasteiger partial charge in [0.25, 0.3) is 5.91 Å². The zero-order valence-corrected chi connectivity index (χ0v) is 15.6. The number of nitrogens with one attached hydrogen (secondary N) is 2. The van der Waals surface area contributed by atoms with Crippen molar-refractivity contribution in [2.75, 3.05) is 0 Å². The quantitative estimate of drug-likeness (QED) is 0.750. The molecule has 1 fully saturated rings. The number of nitrogens with zero attached hydrogens (tertiary/aromatic N) is 1. The summed E-state index contributed by atoms with van der Waals surface area (Å²) in [7, 11) is 0. The summed E-state index contributed by atoms with van der Waals surface area (Å²) in [5.41, 5.74) is 3.01. The molecule has 0 aromatic heterocycles. The summed E-state index contributed by atoms with van der Waals surface area (Å²) in [6.07, 6.45) is 1.03. The van der Waals surface area contributed by atoms with Crippen LogP contribution in [-0.2, 0) is 22.4 Å². The van der Waals surface area contributed by atoms with E-state index < -0.39 is 23.4 Å². The van der Waals surface area contributed by atoms with Gasteiger partial charge in [0.15, 0.2) is 0 Å². The van der Waals surface area contributed by atoms with Crippen LogP contribution >= 0.6 is 11.6 Å². The highest BCUT2D eigenvalue weighted by molar-refractivity contribution is 6.31. The largest absolute Gasteiger partial charge is 0.344 e. The lowest BCUT2D eigenvalue weighted by Crippen LogP contribution is -2.49. The Hall–Kier alpha value is -2.86. The van der Waals surface area contributed by atoms with Crippen LogP contribution in [0.1, 0.15) is 24.5 Å². The van der Waals surface area contributed by atoms with Gasteiger partial charge in [0.05, 0.1) is 6.42 Å². The van der Waals surface area contributed by atoms with Crippen molar-refractivity contribution in [1.29, 1.82) is 0 Å². The summed E-state index contributed by atoms with van der Waals surface area (Å²) in [4.78, 5) is 37.2. The molecule has 140 valence electrons. The summed E-state index contributed by atoms with van der Waals surface area (Å²) in [6.45, 7) is 1.66. The van der Waals surface area contributed by atoms with Crippen LogP contribution in [0.4, 0.5) is 4.79 Å². The van der Waals surface area contributed by atoms with Gasteiger partial charge in [-0.2, -0.15) is 5.01 Å². The third-order valence-electron chi connectivity index (χ3n) is 4.56. The van der Waals surface area contributed by atoms with Crippen LogP contribution < -0.4 is 10.7 Å². The monoisotopic (exact) mass is 385 g/mol. The van der Waals surface area contributed by atoms with Crippen molar-refractivity contribution >= 4 is 29.4 Å². The van der Waals surface area contributed by atoms with Crippen LogP contribution in [0.5, 0.6) is 0 Å². The third-order valence-corrected chi connectivity index (χ3v) is 4.93. The van der Waals surface area contributed by atoms with Crippen LogP contribution in [0.15, 0.2) is 54.6 Å². The van der Waals surface area contributed by atoms with E-state index in [1.165, 1.54) is 0 Å². The fourth-order valence-electron chi connectivity index (χ4n) is 2.97. The molecule has 1 aliphatic heterocycles. The average molecular weight is 386 g/mol. The molecule has 6 nitrogen and oxygen atoms in total. The third kappa shape index (κ3) is 4.28. The number of hydrogen-bond acceptors (Lipinski definition) is 3. The first-order valence-electron chi connectivity index (χ1n) is 8.62. The van der Waals surface area contributed by atoms with Gasteiger partial charge in [0, 0.05) is 5.02 Å². The molecule has 0 bridgehead atoms.